The lowest BCUT2D eigenvalue weighted by molar-refractivity contribution is 0.396. The largest absolute Gasteiger partial charge is 0.370 e. The fourth-order valence-corrected chi connectivity index (χ4v) is 4.90. The highest BCUT2D eigenvalue weighted by molar-refractivity contribution is 7.89. The van der Waals surface area contributed by atoms with Crippen LogP contribution < -0.4 is 5.32 Å². The predicted octanol–water partition coefficient (Wildman–Crippen LogP) is 3.98. The number of pyridine rings is 1. The summed E-state index contributed by atoms with van der Waals surface area (Å²) < 4.78 is 27.8. The molecule has 1 aliphatic heterocycles. The summed E-state index contributed by atoms with van der Waals surface area (Å²) in [6, 6.07) is 10.8. The Kier molecular flexibility index (Phi) is 5.63. The number of hydrogen-bond donors (Lipinski definition) is 1. The molecule has 26 heavy (non-hydrogen) atoms. The summed E-state index contributed by atoms with van der Waals surface area (Å²) in [5.74, 6) is 1.37. The standard InChI is InChI=1S/C20H27N3O2S/c1-15(2)13-21-20-11-8-17(14-22-20)19-5-4-12-23(19)26(24,25)18-9-6-16(3)7-10-18/h6-11,14-15,19H,4-5,12-13H2,1-3H3,(H,21,22)/t19-/m0/s1. The summed E-state index contributed by atoms with van der Waals surface area (Å²) in [7, 11) is -3.49. The van der Waals surface area contributed by atoms with E-state index in [0.717, 1.165) is 36.3 Å². The monoisotopic (exact) mass is 373 g/mol. The van der Waals surface area contributed by atoms with Crippen molar-refractivity contribution in [1.82, 2.24) is 9.29 Å². The Balaban J connectivity index is 1.80. The van der Waals surface area contributed by atoms with E-state index in [1.165, 1.54) is 0 Å². The molecule has 0 unspecified atom stereocenters. The van der Waals surface area contributed by atoms with Crippen molar-refractivity contribution in [1.29, 1.82) is 0 Å². The van der Waals surface area contributed by atoms with Crippen LogP contribution in [0.15, 0.2) is 47.5 Å². The van der Waals surface area contributed by atoms with Gasteiger partial charge in [0, 0.05) is 19.3 Å². The van der Waals surface area contributed by atoms with Gasteiger partial charge in [-0.3, -0.25) is 0 Å². The van der Waals surface area contributed by atoms with E-state index >= 15 is 0 Å². The quantitative estimate of drug-likeness (QED) is 0.832. The first-order chi connectivity index (χ1) is 12.4. The van der Waals surface area contributed by atoms with E-state index in [2.05, 4.69) is 24.1 Å². The van der Waals surface area contributed by atoms with Gasteiger partial charge >= 0.3 is 0 Å². The molecule has 5 nitrogen and oxygen atoms in total. The van der Waals surface area contributed by atoms with Crippen LogP contribution in [0.2, 0.25) is 0 Å². The second-order valence-corrected chi connectivity index (χ2v) is 9.23. The van der Waals surface area contributed by atoms with Crippen LogP contribution in [-0.2, 0) is 10.0 Å². The zero-order valence-corrected chi connectivity index (χ0v) is 16.5. The Morgan fingerprint density at radius 1 is 1.19 bits per heavy atom. The van der Waals surface area contributed by atoms with Crippen molar-refractivity contribution in [3.05, 3.63) is 53.7 Å². The molecule has 2 aromatic rings. The Hall–Kier alpha value is -1.92. The van der Waals surface area contributed by atoms with Gasteiger partial charge in [0.05, 0.1) is 10.9 Å². The third kappa shape index (κ3) is 4.07. The lowest BCUT2D eigenvalue weighted by atomic mass is 10.1. The van der Waals surface area contributed by atoms with E-state index in [-0.39, 0.29) is 6.04 Å². The van der Waals surface area contributed by atoms with E-state index in [1.807, 2.05) is 31.2 Å². The molecule has 0 saturated carbocycles. The molecule has 1 atom stereocenters. The lowest BCUT2D eigenvalue weighted by Crippen LogP contribution is -2.30. The third-order valence-electron chi connectivity index (χ3n) is 4.69. The number of sulfonamides is 1. The second kappa shape index (κ2) is 7.76. The normalized spacial score (nSPS) is 18.4. The first-order valence-corrected chi connectivity index (χ1v) is 10.6. The fourth-order valence-electron chi connectivity index (χ4n) is 3.22. The number of aryl methyl sites for hydroxylation is 1. The summed E-state index contributed by atoms with van der Waals surface area (Å²) in [5, 5.41) is 3.29. The van der Waals surface area contributed by atoms with Crippen LogP contribution in [0.3, 0.4) is 0 Å². The van der Waals surface area contributed by atoms with Crippen LogP contribution in [0.25, 0.3) is 0 Å². The van der Waals surface area contributed by atoms with Gasteiger partial charge in [0.15, 0.2) is 0 Å². The lowest BCUT2D eigenvalue weighted by Gasteiger charge is -2.24. The zero-order chi connectivity index (χ0) is 18.7. The molecule has 6 heteroatoms. The highest BCUT2D eigenvalue weighted by atomic mass is 32.2. The molecule has 1 saturated heterocycles. The van der Waals surface area contributed by atoms with Crippen molar-refractivity contribution in [2.75, 3.05) is 18.4 Å². The van der Waals surface area contributed by atoms with Gasteiger partial charge in [0.1, 0.15) is 5.82 Å². The number of nitrogens with zero attached hydrogens (tertiary/aromatic N) is 2. The Bertz CT molecular complexity index is 830. The molecule has 0 aliphatic carbocycles. The van der Waals surface area contributed by atoms with Gasteiger partial charge in [-0.1, -0.05) is 37.6 Å². The highest BCUT2D eigenvalue weighted by Gasteiger charge is 2.36. The molecule has 0 amide bonds. The fraction of sp³-hybridized carbons (Fsp3) is 0.450. The van der Waals surface area contributed by atoms with Crippen molar-refractivity contribution in [3.63, 3.8) is 0 Å². The molecule has 1 N–H and O–H groups in total. The van der Waals surface area contributed by atoms with Crippen LogP contribution in [0.1, 0.15) is 43.9 Å². The summed E-state index contributed by atoms with van der Waals surface area (Å²) >= 11 is 0. The maximum Gasteiger partial charge on any atom is 0.243 e. The summed E-state index contributed by atoms with van der Waals surface area (Å²) in [6.45, 7) is 7.66. The van der Waals surface area contributed by atoms with Crippen molar-refractivity contribution in [2.24, 2.45) is 5.92 Å². The van der Waals surface area contributed by atoms with Gasteiger partial charge in [0.2, 0.25) is 10.0 Å². The molecule has 1 aliphatic rings. The second-order valence-electron chi connectivity index (χ2n) is 7.34. The Morgan fingerprint density at radius 3 is 2.54 bits per heavy atom. The van der Waals surface area contributed by atoms with Crippen molar-refractivity contribution >= 4 is 15.8 Å². The number of aromatic nitrogens is 1. The van der Waals surface area contributed by atoms with Crippen LogP contribution in [0, 0.1) is 12.8 Å². The van der Waals surface area contributed by atoms with Crippen LogP contribution >= 0.6 is 0 Å². The summed E-state index contributed by atoms with van der Waals surface area (Å²) in [6.07, 6.45) is 3.49. The van der Waals surface area contributed by atoms with Gasteiger partial charge in [-0.2, -0.15) is 4.31 Å². The molecule has 1 fully saturated rings. The van der Waals surface area contributed by atoms with Gasteiger partial charge in [0.25, 0.3) is 0 Å². The molecule has 0 radical (unpaired) electrons. The van der Waals surface area contributed by atoms with E-state index in [1.54, 1.807) is 22.6 Å². The van der Waals surface area contributed by atoms with Crippen LogP contribution in [-0.4, -0.2) is 30.8 Å². The maximum atomic E-state index is 13.1. The molecule has 0 spiro atoms. The molecular weight excluding hydrogens is 346 g/mol. The van der Waals surface area contributed by atoms with Crippen molar-refractivity contribution in [2.45, 2.75) is 44.6 Å². The molecule has 1 aromatic carbocycles. The minimum absolute atomic E-state index is 0.145. The summed E-state index contributed by atoms with van der Waals surface area (Å²) in [5.41, 5.74) is 2.00. The van der Waals surface area contributed by atoms with Crippen LogP contribution in [0.4, 0.5) is 5.82 Å². The number of rotatable bonds is 6. The number of hydrogen-bond acceptors (Lipinski definition) is 4. The van der Waals surface area contributed by atoms with E-state index < -0.39 is 10.0 Å². The Morgan fingerprint density at radius 2 is 1.92 bits per heavy atom. The smallest absolute Gasteiger partial charge is 0.243 e. The minimum Gasteiger partial charge on any atom is -0.370 e. The average Bonchev–Trinajstić information content (AvgIpc) is 3.11. The summed E-state index contributed by atoms with van der Waals surface area (Å²) in [4.78, 5) is 4.82. The Labute approximate surface area is 156 Å². The minimum atomic E-state index is -3.49. The zero-order valence-electron chi connectivity index (χ0n) is 15.6. The first-order valence-electron chi connectivity index (χ1n) is 9.16. The van der Waals surface area contributed by atoms with Gasteiger partial charge < -0.3 is 5.32 Å². The van der Waals surface area contributed by atoms with E-state index in [4.69, 9.17) is 0 Å². The predicted molar refractivity (Wildman–Crippen MR) is 105 cm³/mol. The molecule has 3 rings (SSSR count). The molecule has 0 bridgehead atoms. The topological polar surface area (TPSA) is 62.3 Å². The molecule has 140 valence electrons. The van der Waals surface area contributed by atoms with E-state index in [0.29, 0.717) is 17.4 Å². The van der Waals surface area contributed by atoms with Crippen molar-refractivity contribution < 1.29 is 8.42 Å². The van der Waals surface area contributed by atoms with Crippen molar-refractivity contribution in [3.8, 4) is 0 Å². The number of anilines is 1. The van der Waals surface area contributed by atoms with E-state index in [9.17, 15) is 8.42 Å². The average molecular weight is 374 g/mol. The van der Waals surface area contributed by atoms with Gasteiger partial charge in [-0.15, -0.1) is 0 Å². The molecule has 2 heterocycles. The maximum absolute atomic E-state index is 13.1. The molecular formula is C20H27N3O2S. The first kappa shape index (κ1) is 18.9. The number of nitrogens with one attached hydrogen (secondary N) is 1. The van der Waals surface area contributed by atoms with Crippen LogP contribution in [0.5, 0.6) is 0 Å². The van der Waals surface area contributed by atoms with Gasteiger partial charge in [-0.05, 0) is 49.4 Å². The molecule has 1 aromatic heterocycles. The van der Waals surface area contributed by atoms with Gasteiger partial charge in [-0.25, -0.2) is 13.4 Å². The number of benzene rings is 1. The SMILES string of the molecule is Cc1ccc(S(=O)(=O)N2CCC[C@H]2c2ccc(NCC(C)C)nc2)cc1. The highest BCUT2D eigenvalue weighted by Crippen LogP contribution is 2.36. The third-order valence-corrected chi connectivity index (χ3v) is 6.62.